The Morgan fingerprint density at radius 2 is 1.52 bits per heavy atom. The van der Waals surface area contributed by atoms with Gasteiger partial charge in [-0.2, -0.15) is 0 Å². The zero-order valence-corrected chi connectivity index (χ0v) is 14.0. The lowest BCUT2D eigenvalue weighted by molar-refractivity contribution is -0.131. The molecule has 3 N–H and O–H groups in total. The molecule has 7 heteroatoms. The van der Waals surface area contributed by atoms with Crippen LogP contribution in [-0.4, -0.2) is 28.6 Å². The molecule has 0 radical (unpaired) electrons. The van der Waals surface area contributed by atoms with E-state index in [0.717, 1.165) is 22.7 Å². The van der Waals surface area contributed by atoms with E-state index in [4.69, 9.17) is 5.11 Å². The fourth-order valence-electron chi connectivity index (χ4n) is 1.83. The van der Waals surface area contributed by atoms with Gasteiger partial charge in [0.2, 0.25) is 11.8 Å². The number of nitrogens with one attached hydrogen (secondary N) is 2. The van der Waals surface area contributed by atoms with Gasteiger partial charge in [0.25, 0.3) is 0 Å². The van der Waals surface area contributed by atoms with E-state index in [1.165, 1.54) is 11.8 Å². The second-order valence-corrected chi connectivity index (χ2v) is 5.94. The molecule has 0 aliphatic rings. The zero-order chi connectivity index (χ0) is 18.1. The molecule has 0 heterocycles. The minimum atomic E-state index is -1.18. The first-order valence-corrected chi connectivity index (χ1v) is 8.31. The van der Waals surface area contributed by atoms with Gasteiger partial charge in [0.1, 0.15) is 0 Å². The third-order valence-electron chi connectivity index (χ3n) is 2.93. The standard InChI is InChI=1S/C18H16N2O4S/c21-16(10-11-18(23)24)19-14-6-8-15(9-7-14)25-12-17(22)20-13-4-2-1-3-5-13/h1-11H,12H2,(H,19,21)(H,20,22)(H,23,24)/b11-10+. The van der Waals surface area contributed by atoms with Gasteiger partial charge in [-0.25, -0.2) is 4.79 Å². The van der Waals surface area contributed by atoms with Crippen LogP contribution in [0.1, 0.15) is 0 Å². The highest BCUT2D eigenvalue weighted by Crippen LogP contribution is 2.20. The van der Waals surface area contributed by atoms with E-state index < -0.39 is 11.9 Å². The maximum atomic E-state index is 11.9. The molecule has 2 rings (SSSR count). The molecule has 0 unspecified atom stereocenters. The monoisotopic (exact) mass is 356 g/mol. The van der Waals surface area contributed by atoms with Crippen molar-refractivity contribution in [3.05, 3.63) is 66.7 Å². The third kappa shape index (κ3) is 6.92. The number of carbonyl (C=O) groups is 3. The lowest BCUT2D eigenvalue weighted by Crippen LogP contribution is -2.13. The largest absolute Gasteiger partial charge is 0.478 e. The van der Waals surface area contributed by atoms with Crippen molar-refractivity contribution in [2.24, 2.45) is 0 Å². The molecule has 25 heavy (non-hydrogen) atoms. The highest BCUT2D eigenvalue weighted by Gasteiger charge is 2.04. The van der Waals surface area contributed by atoms with Crippen molar-refractivity contribution in [2.45, 2.75) is 4.90 Å². The van der Waals surface area contributed by atoms with Crippen LogP contribution in [0.3, 0.4) is 0 Å². The summed E-state index contributed by atoms with van der Waals surface area (Å²) in [6.07, 6.45) is 1.71. The molecular weight excluding hydrogens is 340 g/mol. The number of carbonyl (C=O) groups excluding carboxylic acids is 2. The summed E-state index contributed by atoms with van der Waals surface area (Å²) >= 11 is 1.37. The second-order valence-electron chi connectivity index (χ2n) is 4.89. The molecule has 6 nitrogen and oxygen atoms in total. The zero-order valence-electron chi connectivity index (χ0n) is 13.1. The molecular formula is C18H16N2O4S. The fraction of sp³-hybridized carbons (Fsp3) is 0.0556. The smallest absolute Gasteiger partial charge is 0.328 e. The Bertz CT molecular complexity index is 773. The number of aliphatic carboxylic acids is 1. The van der Waals surface area contributed by atoms with Gasteiger partial charge in [-0.15, -0.1) is 11.8 Å². The third-order valence-corrected chi connectivity index (χ3v) is 3.94. The molecule has 0 bridgehead atoms. The maximum absolute atomic E-state index is 11.9. The molecule has 2 amide bonds. The van der Waals surface area contributed by atoms with Gasteiger partial charge in [-0.1, -0.05) is 18.2 Å². The lowest BCUT2D eigenvalue weighted by atomic mass is 10.3. The van der Waals surface area contributed by atoms with E-state index in [2.05, 4.69) is 10.6 Å². The van der Waals surface area contributed by atoms with Crippen LogP contribution in [0.25, 0.3) is 0 Å². The Kier molecular flexibility index (Phi) is 6.79. The summed E-state index contributed by atoms with van der Waals surface area (Å²) in [5.41, 5.74) is 1.29. The van der Waals surface area contributed by atoms with E-state index in [9.17, 15) is 14.4 Å². The van der Waals surface area contributed by atoms with Gasteiger partial charge in [-0.3, -0.25) is 9.59 Å². The first-order valence-electron chi connectivity index (χ1n) is 7.33. The van der Waals surface area contributed by atoms with Gasteiger partial charge in [0.05, 0.1) is 5.75 Å². The minimum absolute atomic E-state index is 0.104. The Labute approximate surface area is 148 Å². The summed E-state index contributed by atoms with van der Waals surface area (Å²) in [6.45, 7) is 0. The highest BCUT2D eigenvalue weighted by atomic mass is 32.2. The number of amides is 2. The Balaban J connectivity index is 1.81. The molecule has 2 aromatic rings. The summed E-state index contributed by atoms with van der Waals surface area (Å²) in [5, 5.41) is 13.8. The summed E-state index contributed by atoms with van der Waals surface area (Å²) in [4.78, 5) is 34.6. The predicted molar refractivity (Wildman–Crippen MR) is 97.6 cm³/mol. The van der Waals surface area contributed by atoms with Crippen LogP contribution in [-0.2, 0) is 14.4 Å². The van der Waals surface area contributed by atoms with Gasteiger partial charge < -0.3 is 15.7 Å². The van der Waals surface area contributed by atoms with Gasteiger partial charge in [0.15, 0.2) is 0 Å². The molecule has 0 saturated heterocycles. The summed E-state index contributed by atoms with van der Waals surface area (Å²) in [6, 6.07) is 16.1. The van der Waals surface area contributed by atoms with Crippen LogP contribution in [0.15, 0.2) is 71.6 Å². The first kappa shape index (κ1) is 18.3. The summed E-state index contributed by atoms with van der Waals surface area (Å²) < 4.78 is 0. The minimum Gasteiger partial charge on any atom is -0.478 e. The fourth-order valence-corrected chi connectivity index (χ4v) is 2.53. The van der Waals surface area contributed by atoms with Crippen LogP contribution in [0.4, 0.5) is 11.4 Å². The molecule has 128 valence electrons. The van der Waals surface area contributed by atoms with Crippen LogP contribution in [0.2, 0.25) is 0 Å². The number of hydrogen-bond donors (Lipinski definition) is 3. The molecule has 0 aromatic heterocycles. The number of carboxylic acids is 1. The lowest BCUT2D eigenvalue weighted by Gasteiger charge is -2.06. The Morgan fingerprint density at radius 1 is 0.880 bits per heavy atom. The number of benzene rings is 2. The molecule has 0 spiro atoms. The van der Waals surface area contributed by atoms with Crippen LogP contribution >= 0.6 is 11.8 Å². The van der Waals surface area contributed by atoms with Crippen molar-refractivity contribution >= 4 is 40.9 Å². The Hall–Kier alpha value is -3.06. The molecule has 2 aromatic carbocycles. The van der Waals surface area contributed by atoms with Crippen LogP contribution in [0.5, 0.6) is 0 Å². The SMILES string of the molecule is O=C(O)/C=C/C(=O)Nc1ccc(SCC(=O)Nc2ccccc2)cc1. The Morgan fingerprint density at radius 3 is 2.16 bits per heavy atom. The van der Waals surface area contributed by atoms with Crippen molar-refractivity contribution in [3.63, 3.8) is 0 Å². The number of para-hydroxylation sites is 1. The van der Waals surface area contributed by atoms with Gasteiger partial charge in [0, 0.05) is 28.4 Å². The van der Waals surface area contributed by atoms with Crippen molar-refractivity contribution in [3.8, 4) is 0 Å². The van der Waals surface area contributed by atoms with E-state index in [1.807, 2.05) is 30.3 Å². The number of rotatable bonds is 7. The number of anilines is 2. The first-order chi connectivity index (χ1) is 12.0. The maximum Gasteiger partial charge on any atom is 0.328 e. The van der Waals surface area contributed by atoms with Crippen molar-refractivity contribution in [1.29, 1.82) is 0 Å². The highest BCUT2D eigenvalue weighted by molar-refractivity contribution is 8.00. The van der Waals surface area contributed by atoms with Crippen molar-refractivity contribution in [2.75, 3.05) is 16.4 Å². The number of carboxylic acid groups (broad SMARTS) is 1. The van der Waals surface area contributed by atoms with Crippen LogP contribution < -0.4 is 10.6 Å². The topological polar surface area (TPSA) is 95.5 Å². The van der Waals surface area contributed by atoms with Crippen LogP contribution in [0, 0.1) is 0 Å². The second kappa shape index (κ2) is 9.29. The molecule has 0 atom stereocenters. The average molecular weight is 356 g/mol. The van der Waals surface area contributed by atoms with E-state index in [-0.39, 0.29) is 11.7 Å². The number of thioether (sulfide) groups is 1. The van der Waals surface area contributed by atoms with Crippen molar-refractivity contribution in [1.82, 2.24) is 0 Å². The van der Waals surface area contributed by atoms with Crippen molar-refractivity contribution < 1.29 is 19.5 Å². The molecule has 0 saturated carbocycles. The van der Waals surface area contributed by atoms with Gasteiger partial charge >= 0.3 is 5.97 Å². The molecule has 0 fully saturated rings. The molecule has 0 aliphatic heterocycles. The summed E-state index contributed by atoms with van der Waals surface area (Å²) in [5.74, 6) is -1.55. The van der Waals surface area contributed by atoms with Gasteiger partial charge in [-0.05, 0) is 36.4 Å². The van der Waals surface area contributed by atoms with E-state index >= 15 is 0 Å². The van der Waals surface area contributed by atoms with E-state index in [1.54, 1.807) is 24.3 Å². The number of hydrogen-bond acceptors (Lipinski definition) is 4. The average Bonchev–Trinajstić information content (AvgIpc) is 2.60. The molecule has 0 aliphatic carbocycles. The van der Waals surface area contributed by atoms with E-state index in [0.29, 0.717) is 5.69 Å². The predicted octanol–water partition coefficient (Wildman–Crippen LogP) is 3.00. The normalized spacial score (nSPS) is 10.4. The quantitative estimate of drug-likeness (QED) is 0.524. The summed E-state index contributed by atoms with van der Waals surface area (Å²) in [7, 11) is 0.